The van der Waals surface area contributed by atoms with E-state index in [1.54, 1.807) is 0 Å². The summed E-state index contributed by atoms with van der Waals surface area (Å²) in [4.78, 5) is 2.62. The third kappa shape index (κ3) is 4.29. The Morgan fingerprint density at radius 1 is 1.19 bits per heavy atom. The molecule has 0 aromatic heterocycles. The summed E-state index contributed by atoms with van der Waals surface area (Å²) in [5.41, 5.74) is 1.43. The molecule has 2 fully saturated rings. The van der Waals surface area contributed by atoms with Gasteiger partial charge in [0.15, 0.2) is 0 Å². The molecule has 116 valence electrons. The number of piperidine rings is 1. The molecule has 21 heavy (non-hydrogen) atoms. The predicted octanol–water partition coefficient (Wildman–Crippen LogP) is 2.81. The zero-order chi connectivity index (χ0) is 14.5. The van der Waals surface area contributed by atoms with E-state index < -0.39 is 0 Å². The van der Waals surface area contributed by atoms with E-state index in [4.69, 9.17) is 4.74 Å². The molecule has 3 nitrogen and oxygen atoms in total. The fourth-order valence-corrected chi connectivity index (χ4v) is 3.63. The summed E-state index contributed by atoms with van der Waals surface area (Å²) >= 11 is 0. The van der Waals surface area contributed by atoms with E-state index in [9.17, 15) is 0 Å². The van der Waals surface area contributed by atoms with E-state index in [0.29, 0.717) is 18.1 Å². The summed E-state index contributed by atoms with van der Waals surface area (Å²) in [5.74, 6) is 0. The van der Waals surface area contributed by atoms with Crippen molar-refractivity contribution in [1.82, 2.24) is 10.2 Å². The van der Waals surface area contributed by atoms with E-state index in [2.05, 4.69) is 47.5 Å². The van der Waals surface area contributed by atoms with E-state index in [0.717, 1.165) is 19.8 Å². The van der Waals surface area contributed by atoms with Crippen LogP contribution < -0.4 is 5.32 Å². The molecule has 0 aliphatic carbocycles. The van der Waals surface area contributed by atoms with Gasteiger partial charge in [-0.05, 0) is 38.2 Å². The molecule has 1 N–H and O–H groups in total. The van der Waals surface area contributed by atoms with E-state index in [1.807, 2.05) is 0 Å². The molecule has 0 unspecified atom stereocenters. The van der Waals surface area contributed by atoms with Crippen molar-refractivity contribution in [1.29, 1.82) is 0 Å². The van der Waals surface area contributed by atoms with Crippen molar-refractivity contribution in [3.05, 3.63) is 35.9 Å². The monoisotopic (exact) mass is 288 g/mol. The molecular formula is C18H28N2O. The topological polar surface area (TPSA) is 24.5 Å². The predicted molar refractivity (Wildman–Crippen MR) is 86.3 cm³/mol. The molecule has 1 aromatic rings. The molecule has 3 atom stereocenters. The SMILES string of the molecule is C[C@@H]1C[C@@H](N[C@H]2CCCOC2)CCN1Cc1ccccc1. The standard InChI is InChI=1S/C18H28N2O/c1-15-12-17(19-18-8-5-11-21-14-18)9-10-20(15)13-16-6-3-2-4-7-16/h2-4,6-7,15,17-19H,5,8-14H2,1H3/t15-,17+,18+/m1/s1. The van der Waals surface area contributed by atoms with Gasteiger partial charge in [0.2, 0.25) is 0 Å². The second-order valence-electron chi connectivity index (χ2n) is 6.61. The van der Waals surface area contributed by atoms with Crippen molar-refractivity contribution in [2.75, 3.05) is 19.8 Å². The van der Waals surface area contributed by atoms with Gasteiger partial charge in [0.05, 0.1) is 6.61 Å². The first-order valence-corrected chi connectivity index (χ1v) is 8.43. The molecule has 3 heteroatoms. The van der Waals surface area contributed by atoms with Crippen LogP contribution in [0.3, 0.4) is 0 Å². The normalized spacial score (nSPS) is 31.2. The fraction of sp³-hybridized carbons (Fsp3) is 0.667. The Bertz CT molecular complexity index is 416. The van der Waals surface area contributed by atoms with Crippen molar-refractivity contribution in [3.8, 4) is 0 Å². The Hall–Kier alpha value is -0.900. The molecule has 3 rings (SSSR count). The molecule has 2 heterocycles. The van der Waals surface area contributed by atoms with Crippen LogP contribution in [0.1, 0.15) is 38.2 Å². The lowest BCUT2D eigenvalue weighted by Crippen LogP contribution is -2.51. The molecule has 0 amide bonds. The van der Waals surface area contributed by atoms with Crippen molar-refractivity contribution in [2.24, 2.45) is 0 Å². The van der Waals surface area contributed by atoms with Gasteiger partial charge in [-0.15, -0.1) is 0 Å². The largest absolute Gasteiger partial charge is 0.380 e. The number of benzene rings is 1. The number of rotatable bonds is 4. The van der Waals surface area contributed by atoms with E-state index in [-0.39, 0.29) is 0 Å². The highest BCUT2D eigenvalue weighted by Gasteiger charge is 2.27. The minimum absolute atomic E-state index is 0.580. The highest BCUT2D eigenvalue weighted by Crippen LogP contribution is 2.21. The van der Waals surface area contributed by atoms with Crippen LogP contribution >= 0.6 is 0 Å². The maximum absolute atomic E-state index is 5.58. The number of likely N-dealkylation sites (tertiary alicyclic amines) is 1. The fourth-order valence-electron chi connectivity index (χ4n) is 3.63. The van der Waals surface area contributed by atoms with Gasteiger partial charge in [0.25, 0.3) is 0 Å². The number of hydrogen-bond donors (Lipinski definition) is 1. The molecule has 2 aliphatic rings. The summed E-state index contributed by atoms with van der Waals surface area (Å²) in [7, 11) is 0. The molecule has 0 saturated carbocycles. The average Bonchev–Trinajstić information content (AvgIpc) is 2.52. The number of nitrogens with zero attached hydrogens (tertiary/aromatic N) is 1. The third-order valence-electron chi connectivity index (χ3n) is 4.87. The van der Waals surface area contributed by atoms with Gasteiger partial charge in [-0.2, -0.15) is 0 Å². The molecule has 1 aromatic carbocycles. The van der Waals surface area contributed by atoms with Crippen LogP contribution in [0, 0.1) is 0 Å². The van der Waals surface area contributed by atoms with Crippen LogP contribution in [0.5, 0.6) is 0 Å². The van der Waals surface area contributed by atoms with Crippen LogP contribution in [0.2, 0.25) is 0 Å². The van der Waals surface area contributed by atoms with Crippen molar-refractivity contribution in [2.45, 2.75) is 57.3 Å². The molecule has 0 spiro atoms. The smallest absolute Gasteiger partial charge is 0.0619 e. The van der Waals surface area contributed by atoms with Gasteiger partial charge in [0.1, 0.15) is 0 Å². The summed E-state index contributed by atoms with van der Waals surface area (Å²) in [6.07, 6.45) is 5.00. The highest BCUT2D eigenvalue weighted by molar-refractivity contribution is 5.14. The summed E-state index contributed by atoms with van der Waals surface area (Å²) in [5, 5.41) is 3.82. The quantitative estimate of drug-likeness (QED) is 0.922. The van der Waals surface area contributed by atoms with Crippen LogP contribution in [0.4, 0.5) is 0 Å². The van der Waals surface area contributed by atoms with Gasteiger partial charge >= 0.3 is 0 Å². The first-order valence-electron chi connectivity index (χ1n) is 8.43. The summed E-state index contributed by atoms with van der Waals surface area (Å²) < 4.78 is 5.58. The first-order chi connectivity index (χ1) is 10.3. The summed E-state index contributed by atoms with van der Waals surface area (Å²) in [6.45, 7) is 6.50. The number of ether oxygens (including phenoxy) is 1. The zero-order valence-corrected chi connectivity index (χ0v) is 13.1. The molecule has 0 radical (unpaired) electrons. The third-order valence-corrected chi connectivity index (χ3v) is 4.87. The van der Waals surface area contributed by atoms with Crippen molar-refractivity contribution >= 4 is 0 Å². The van der Waals surface area contributed by atoms with Gasteiger partial charge in [-0.3, -0.25) is 4.90 Å². The molecule has 2 saturated heterocycles. The minimum Gasteiger partial charge on any atom is -0.380 e. The lowest BCUT2D eigenvalue weighted by Gasteiger charge is -2.40. The first kappa shape index (κ1) is 15.0. The van der Waals surface area contributed by atoms with Crippen LogP contribution in [0.25, 0.3) is 0 Å². The number of hydrogen-bond acceptors (Lipinski definition) is 3. The van der Waals surface area contributed by atoms with Gasteiger partial charge in [-0.1, -0.05) is 30.3 Å². The minimum atomic E-state index is 0.580. The lowest BCUT2D eigenvalue weighted by molar-refractivity contribution is 0.0556. The Kier molecular flexibility index (Phi) is 5.28. The second kappa shape index (κ2) is 7.39. The summed E-state index contributed by atoms with van der Waals surface area (Å²) in [6, 6.07) is 12.7. The van der Waals surface area contributed by atoms with Gasteiger partial charge in [0, 0.05) is 37.8 Å². The zero-order valence-electron chi connectivity index (χ0n) is 13.1. The number of nitrogens with one attached hydrogen (secondary N) is 1. The Morgan fingerprint density at radius 3 is 2.76 bits per heavy atom. The van der Waals surface area contributed by atoms with Gasteiger partial charge in [-0.25, -0.2) is 0 Å². The van der Waals surface area contributed by atoms with Crippen LogP contribution in [-0.2, 0) is 11.3 Å². The maximum Gasteiger partial charge on any atom is 0.0619 e. The van der Waals surface area contributed by atoms with E-state index in [1.165, 1.54) is 37.8 Å². The van der Waals surface area contributed by atoms with Crippen LogP contribution in [-0.4, -0.2) is 42.8 Å². The van der Waals surface area contributed by atoms with Crippen molar-refractivity contribution < 1.29 is 4.74 Å². The average molecular weight is 288 g/mol. The Morgan fingerprint density at radius 2 is 2.05 bits per heavy atom. The highest BCUT2D eigenvalue weighted by atomic mass is 16.5. The van der Waals surface area contributed by atoms with E-state index >= 15 is 0 Å². The Labute approximate surface area is 128 Å². The molecule has 2 aliphatic heterocycles. The molecular weight excluding hydrogens is 260 g/mol. The van der Waals surface area contributed by atoms with Crippen LogP contribution in [0.15, 0.2) is 30.3 Å². The maximum atomic E-state index is 5.58. The second-order valence-corrected chi connectivity index (χ2v) is 6.61. The van der Waals surface area contributed by atoms with Gasteiger partial charge < -0.3 is 10.1 Å². The molecule has 0 bridgehead atoms. The van der Waals surface area contributed by atoms with Crippen molar-refractivity contribution in [3.63, 3.8) is 0 Å². The Balaban J connectivity index is 1.47. The lowest BCUT2D eigenvalue weighted by atomic mass is 9.96.